The van der Waals surface area contributed by atoms with Crippen LogP contribution in [0.3, 0.4) is 0 Å². The summed E-state index contributed by atoms with van der Waals surface area (Å²) in [5, 5.41) is 3.79. The molecule has 21 heavy (non-hydrogen) atoms. The summed E-state index contributed by atoms with van der Waals surface area (Å²) in [4.78, 5) is 0. The first-order chi connectivity index (χ1) is 10.1. The second-order valence-corrected chi connectivity index (χ2v) is 8.12. The summed E-state index contributed by atoms with van der Waals surface area (Å²) in [6.45, 7) is 8.78. The number of hydrogen-bond donors (Lipinski definition) is 1. The van der Waals surface area contributed by atoms with Crippen molar-refractivity contribution >= 4 is 11.8 Å². The van der Waals surface area contributed by atoms with Crippen molar-refractivity contribution < 1.29 is 9.47 Å². The molecule has 0 aromatic carbocycles. The Kier molecular flexibility index (Phi) is 6.85. The van der Waals surface area contributed by atoms with Gasteiger partial charge >= 0.3 is 0 Å². The number of hydrogen-bond acceptors (Lipinski definition) is 4. The maximum atomic E-state index is 6.20. The van der Waals surface area contributed by atoms with Crippen LogP contribution in [0.4, 0.5) is 0 Å². The van der Waals surface area contributed by atoms with Gasteiger partial charge in [-0.3, -0.25) is 0 Å². The Morgan fingerprint density at radius 1 is 1.43 bits per heavy atom. The molecular formula is C17H33NO2S. The highest BCUT2D eigenvalue weighted by Gasteiger charge is 2.44. The van der Waals surface area contributed by atoms with Crippen LogP contribution in [-0.4, -0.2) is 49.5 Å². The minimum absolute atomic E-state index is 0.162. The molecule has 1 N–H and O–H groups in total. The van der Waals surface area contributed by atoms with Gasteiger partial charge in [-0.1, -0.05) is 20.8 Å². The van der Waals surface area contributed by atoms with Crippen LogP contribution in [0.5, 0.6) is 0 Å². The third kappa shape index (κ3) is 4.37. The van der Waals surface area contributed by atoms with Gasteiger partial charge in [0.1, 0.15) is 0 Å². The van der Waals surface area contributed by atoms with Gasteiger partial charge in [-0.15, -0.1) is 0 Å². The van der Waals surface area contributed by atoms with Gasteiger partial charge < -0.3 is 14.8 Å². The molecule has 4 heteroatoms. The molecule has 4 atom stereocenters. The lowest BCUT2D eigenvalue weighted by atomic mass is 9.77. The highest BCUT2D eigenvalue weighted by atomic mass is 32.2. The topological polar surface area (TPSA) is 30.5 Å². The smallest absolute Gasteiger partial charge is 0.0783 e. The van der Waals surface area contributed by atoms with Crippen molar-refractivity contribution in [2.24, 2.45) is 11.8 Å². The van der Waals surface area contributed by atoms with Crippen molar-refractivity contribution in [3.63, 3.8) is 0 Å². The van der Waals surface area contributed by atoms with E-state index in [1.54, 1.807) is 0 Å². The van der Waals surface area contributed by atoms with Crippen LogP contribution in [0.15, 0.2) is 0 Å². The molecule has 124 valence electrons. The molecule has 0 aromatic rings. The third-order valence-electron chi connectivity index (χ3n) is 5.02. The predicted molar refractivity (Wildman–Crippen MR) is 91.1 cm³/mol. The molecule has 0 bridgehead atoms. The van der Waals surface area contributed by atoms with Crippen molar-refractivity contribution in [1.29, 1.82) is 0 Å². The normalized spacial score (nSPS) is 32.7. The molecule has 0 amide bonds. The van der Waals surface area contributed by atoms with Crippen LogP contribution < -0.4 is 5.32 Å². The first-order valence-corrected chi connectivity index (χ1v) is 9.75. The molecule has 0 aliphatic carbocycles. The van der Waals surface area contributed by atoms with Gasteiger partial charge in [-0.25, -0.2) is 0 Å². The second-order valence-electron chi connectivity index (χ2n) is 7.01. The summed E-state index contributed by atoms with van der Waals surface area (Å²) in [6, 6.07) is 0.460. The van der Waals surface area contributed by atoms with Crippen molar-refractivity contribution in [2.75, 3.05) is 31.8 Å². The fraction of sp³-hybridized carbons (Fsp3) is 1.00. The summed E-state index contributed by atoms with van der Waals surface area (Å²) in [6.07, 6.45) is 5.07. The zero-order valence-electron chi connectivity index (χ0n) is 14.2. The van der Waals surface area contributed by atoms with Crippen LogP contribution in [0.1, 0.15) is 46.5 Å². The van der Waals surface area contributed by atoms with Crippen molar-refractivity contribution in [1.82, 2.24) is 5.32 Å². The first kappa shape index (κ1) is 17.6. The number of thioether (sulfide) groups is 1. The Morgan fingerprint density at radius 2 is 2.24 bits per heavy atom. The molecule has 2 heterocycles. The van der Waals surface area contributed by atoms with Gasteiger partial charge in [-0.05, 0) is 49.8 Å². The molecule has 0 saturated carbocycles. The molecule has 0 aromatic heterocycles. The largest absolute Gasteiger partial charge is 0.380 e. The molecule has 1 spiro atoms. The molecule has 2 rings (SSSR count). The standard InChI is InChI=1S/C17H33NO2S/c1-5-8-18-15(16(19-4)13(2)3)14-6-9-20-17(11-14)7-10-21-12-17/h13-16,18H,5-12H2,1-4H3. The summed E-state index contributed by atoms with van der Waals surface area (Å²) >= 11 is 2.05. The van der Waals surface area contributed by atoms with E-state index in [0.717, 1.165) is 13.2 Å². The lowest BCUT2D eigenvalue weighted by Gasteiger charge is -2.44. The summed E-state index contributed by atoms with van der Waals surface area (Å²) in [5.41, 5.74) is 0.162. The minimum Gasteiger partial charge on any atom is -0.380 e. The van der Waals surface area contributed by atoms with E-state index < -0.39 is 0 Å². The van der Waals surface area contributed by atoms with Crippen LogP contribution >= 0.6 is 11.8 Å². The van der Waals surface area contributed by atoms with Crippen LogP contribution in [0.25, 0.3) is 0 Å². The molecular weight excluding hydrogens is 282 g/mol. The summed E-state index contributed by atoms with van der Waals surface area (Å²) < 4.78 is 12.1. The fourth-order valence-electron chi connectivity index (χ4n) is 3.93. The average molecular weight is 316 g/mol. The zero-order valence-corrected chi connectivity index (χ0v) is 15.0. The Bertz CT molecular complexity index is 305. The van der Waals surface area contributed by atoms with Crippen LogP contribution in [0.2, 0.25) is 0 Å². The monoisotopic (exact) mass is 315 g/mol. The van der Waals surface area contributed by atoms with Crippen molar-refractivity contribution in [3.8, 4) is 0 Å². The van der Waals surface area contributed by atoms with Gasteiger partial charge in [0.2, 0.25) is 0 Å². The predicted octanol–water partition coefficient (Wildman–Crippen LogP) is 3.33. The summed E-state index contributed by atoms with van der Waals surface area (Å²) in [5.74, 6) is 3.67. The molecule has 3 nitrogen and oxygen atoms in total. The number of methoxy groups -OCH3 is 1. The molecule has 2 aliphatic rings. The van der Waals surface area contributed by atoms with E-state index in [1.807, 2.05) is 7.11 Å². The Hall–Kier alpha value is 0.230. The first-order valence-electron chi connectivity index (χ1n) is 8.60. The van der Waals surface area contributed by atoms with Crippen LogP contribution in [-0.2, 0) is 9.47 Å². The van der Waals surface area contributed by atoms with Gasteiger partial charge in [0.05, 0.1) is 11.7 Å². The third-order valence-corrected chi connectivity index (χ3v) is 6.24. The van der Waals surface area contributed by atoms with E-state index in [1.165, 1.54) is 37.2 Å². The maximum absolute atomic E-state index is 6.20. The number of rotatable bonds is 7. The van der Waals surface area contributed by atoms with E-state index >= 15 is 0 Å². The SMILES string of the molecule is CCCNC(C1CCOC2(CCSC2)C1)C(OC)C(C)C. The van der Waals surface area contributed by atoms with E-state index in [4.69, 9.17) is 9.47 Å². The van der Waals surface area contributed by atoms with E-state index in [9.17, 15) is 0 Å². The number of ether oxygens (including phenoxy) is 2. The Labute approximate surface area is 134 Å². The lowest BCUT2D eigenvalue weighted by molar-refractivity contribution is -0.0986. The highest BCUT2D eigenvalue weighted by Crippen LogP contribution is 2.42. The molecule has 4 unspecified atom stereocenters. The van der Waals surface area contributed by atoms with Gasteiger partial charge in [0.25, 0.3) is 0 Å². The zero-order chi connectivity index (χ0) is 15.3. The molecule has 2 aliphatic heterocycles. The second kappa shape index (κ2) is 8.19. The Balaban J connectivity index is 2.07. The fourth-order valence-corrected chi connectivity index (χ4v) is 5.31. The maximum Gasteiger partial charge on any atom is 0.0783 e. The molecule has 2 fully saturated rings. The van der Waals surface area contributed by atoms with E-state index in [0.29, 0.717) is 24.0 Å². The van der Waals surface area contributed by atoms with E-state index in [-0.39, 0.29) is 5.60 Å². The average Bonchev–Trinajstić information content (AvgIpc) is 2.90. The van der Waals surface area contributed by atoms with Crippen molar-refractivity contribution in [2.45, 2.75) is 64.2 Å². The minimum atomic E-state index is 0.162. The molecule has 2 saturated heterocycles. The van der Waals surface area contributed by atoms with Gasteiger partial charge in [0, 0.05) is 25.5 Å². The summed E-state index contributed by atoms with van der Waals surface area (Å²) in [7, 11) is 1.87. The van der Waals surface area contributed by atoms with Gasteiger partial charge in [0.15, 0.2) is 0 Å². The van der Waals surface area contributed by atoms with Gasteiger partial charge in [-0.2, -0.15) is 11.8 Å². The van der Waals surface area contributed by atoms with Crippen molar-refractivity contribution in [3.05, 3.63) is 0 Å². The quantitative estimate of drug-likeness (QED) is 0.780. The number of nitrogens with one attached hydrogen (secondary N) is 1. The lowest BCUT2D eigenvalue weighted by Crippen LogP contribution is -2.53. The van der Waals surface area contributed by atoms with Crippen LogP contribution in [0, 0.1) is 11.8 Å². The van der Waals surface area contributed by atoms with E-state index in [2.05, 4.69) is 37.8 Å². The molecule has 0 radical (unpaired) electrons. The highest BCUT2D eigenvalue weighted by molar-refractivity contribution is 7.99. The Morgan fingerprint density at radius 3 is 2.81 bits per heavy atom.